The van der Waals surface area contributed by atoms with E-state index in [-0.39, 0.29) is 17.7 Å². The lowest BCUT2D eigenvalue weighted by Gasteiger charge is -2.14. The number of hydrogen-bond acceptors (Lipinski definition) is 5. The van der Waals surface area contributed by atoms with E-state index in [4.69, 9.17) is 0 Å². The van der Waals surface area contributed by atoms with Crippen LogP contribution in [0.4, 0.5) is 9.93 Å². The second-order valence-corrected chi connectivity index (χ2v) is 6.41. The van der Waals surface area contributed by atoms with Gasteiger partial charge in [-0.1, -0.05) is 20.8 Å². The van der Waals surface area contributed by atoms with Gasteiger partial charge < -0.3 is 10.6 Å². The lowest BCUT2D eigenvalue weighted by Crippen LogP contribution is -2.33. The molecule has 1 aromatic heterocycles. The summed E-state index contributed by atoms with van der Waals surface area (Å²) < 4.78 is 0. The van der Waals surface area contributed by atoms with Gasteiger partial charge in [0.15, 0.2) is 5.13 Å². The summed E-state index contributed by atoms with van der Waals surface area (Å²) >= 11 is 1.33. The highest BCUT2D eigenvalue weighted by molar-refractivity contribution is 7.13. The first kappa shape index (κ1) is 14.4. The standard InChI is InChI=1S/C12H16N4O3S/c1-12(2,3)7-5-20-11(14-7)15-8(17)4-6-9(18)16-10(19)13-6/h5-6H,4H2,1-3H3,(H,14,15,17)(H2,13,16,18,19)/t6-/m1/s1. The first-order valence-corrected chi connectivity index (χ1v) is 7.01. The van der Waals surface area contributed by atoms with Gasteiger partial charge in [0.25, 0.3) is 5.91 Å². The predicted octanol–water partition coefficient (Wildman–Crippen LogP) is 0.977. The molecule has 1 aliphatic heterocycles. The summed E-state index contributed by atoms with van der Waals surface area (Å²) in [6, 6.07) is -1.39. The first-order valence-electron chi connectivity index (χ1n) is 6.13. The van der Waals surface area contributed by atoms with Crippen LogP contribution in [0.15, 0.2) is 5.38 Å². The summed E-state index contributed by atoms with van der Waals surface area (Å²) in [5.41, 5.74) is 0.809. The Kier molecular flexibility index (Phi) is 3.76. The number of urea groups is 1. The molecule has 20 heavy (non-hydrogen) atoms. The van der Waals surface area contributed by atoms with Gasteiger partial charge in [0, 0.05) is 10.8 Å². The maximum atomic E-state index is 11.8. The highest BCUT2D eigenvalue weighted by atomic mass is 32.1. The number of thiazole rings is 1. The fourth-order valence-electron chi connectivity index (χ4n) is 1.63. The van der Waals surface area contributed by atoms with Crippen LogP contribution in [-0.4, -0.2) is 28.9 Å². The van der Waals surface area contributed by atoms with Crippen LogP contribution in [0.1, 0.15) is 32.9 Å². The Morgan fingerprint density at radius 3 is 2.65 bits per heavy atom. The van der Waals surface area contributed by atoms with Gasteiger partial charge in [-0.3, -0.25) is 14.9 Å². The minimum Gasteiger partial charge on any atom is -0.325 e. The van der Waals surface area contributed by atoms with Gasteiger partial charge in [0.2, 0.25) is 5.91 Å². The fourth-order valence-corrected chi connectivity index (χ4v) is 2.59. The Labute approximate surface area is 120 Å². The minimum atomic E-state index is -0.815. The van der Waals surface area contributed by atoms with Crippen molar-refractivity contribution in [3.05, 3.63) is 11.1 Å². The number of amides is 4. The molecule has 3 N–H and O–H groups in total. The molecule has 1 atom stereocenters. The van der Waals surface area contributed by atoms with Gasteiger partial charge in [-0.2, -0.15) is 0 Å². The largest absolute Gasteiger partial charge is 0.325 e. The molecule has 7 nitrogen and oxygen atoms in total. The van der Waals surface area contributed by atoms with Crippen molar-refractivity contribution in [3.8, 4) is 0 Å². The molecule has 0 radical (unpaired) electrons. The average Bonchev–Trinajstić information content (AvgIpc) is 2.86. The molecule has 1 fully saturated rings. The summed E-state index contributed by atoms with van der Waals surface area (Å²) in [4.78, 5) is 38.4. The molecule has 1 aromatic rings. The van der Waals surface area contributed by atoms with Crippen LogP contribution in [-0.2, 0) is 15.0 Å². The first-order chi connectivity index (χ1) is 9.25. The third kappa shape index (κ3) is 3.32. The van der Waals surface area contributed by atoms with Crippen molar-refractivity contribution < 1.29 is 14.4 Å². The maximum Gasteiger partial charge on any atom is 0.322 e. The van der Waals surface area contributed by atoms with Crippen molar-refractivity contribution in [3.63, 3.8) is 0 Å². The normalized spacial score (nSPS) is 18.6. The van der Waals surface area contributed by atoms with Crippen molar-refractivity contribution in [2.75, 3.05) is 5.32 Å². The number of carbonyl (C=O) groups excluding carboxylic acids is 3. The molecule has 0 aliphatic carbocycles. The van der Waals surface area contributed by atoms with Crippen LogP contribution in [0.5, 0.6) is 0 Å². The molecule has 0 spiro atoms. The summed E-state index contributed by atoms with van der Waals surface area (Å²) in [5, 5.41) is 9.46. The molecule has 108 valence electrons. The van der Waals surface area contributed by atoms with Gasteiger partial charge in [-0.25, -0.2) is 9.78 Å². The molecule has 1 saturated heterocycles. The predicted molar refractivity (Wildman–Crippen MR) is 74.5 cm³/mol. The lowest BCUT2D eigenvalue weighted by atomic mass is 9.93. The highest BCUT2D eigenvalue weighted by Crippen LogP contribution is 2.26. The van der Waals surface area contributed by atoms with E-state index in [9.17, 15) is 14.4 Å². The van der Waals surface area contributed by atoms with Crippen LogP contribution >= 0.6 is 11.3 Å². The van der Waals surface area contributed by atoms with Crippen molar-refractivity contribution >= 4 is 34.3 Å². The average molecular weight is 296 g/mol. The molecule has 2 rings (SSSR count). The van der Waals surface area contributed by atoms with E-state index in [1.54, 1.807) is 0 Å². The third-order valence-corrected chi connectivity index (χ3v) is 3.52. The van der Waals surface area contributed by atoms with Crippen LogP contribution in [0.2, 0.25) is 0 Å². The number of nitrogens with one attached hydrogen (secondary N) is 3. The molecule has 0 bridgehead atoms. The molecule has 4 amide bonds. The van der Waals surface area contributed by atoms with Crippen molar-refractivity contribution in [1.29, 1.82) is 0 Å². The van der Waals surface area contributed by atoms with Gasteiger partial charge in [-0.15, -0.1) is 11.3 Å². The van der Waals surface area contributed by atoms with Crippen LogP contribution < -0.4 is 16.0 Å². The monoisotopic (exact) mass is 296 g/mol. The van der Waals surface area contributed by atoms with Gasteiger partial charge >= 0.3 is 6.03 Å². The second-order valence-electron chi connectivity index (χ2n) is 5.56. The minimum absolute atomic E-state index is 0.0845. The number of imide groups is 1. The zero-order valence-corrected chi connectivity index (χ0v) is 12.3. The zero-order chi connectivity index (χ0) is 14.9. The number of carbonyl (C=O) groups is 3. The quantitative estimate of drug-likeness (QED) is 0.724. The summed E-state index contributed by atoms with van der Waals surface area (Å²) in [6.45, 7) is 6.10. The molecular formula is C12H16N4O3S. The zero-order valence-electron chi connectivity index (χ0n) is 11.4. The molecule has 2 heterocycles. The van der Waals surface area contributed by atoms with E-state index < -0.39 is 18.0 Å². The number of nitrogens with zero attached hydrogens (tertiary/aromatic N) is 1. The van der Waals surface area contributed by atoms with E-state index in [0.29, 0.717) is 5.13 Å². The number of rotatable bonds is 3. The van der Waals surface area contributed by atoms with Gasteiger partial charge in [0.1, 0.15) is 6.04 Å². The van der Waals surface area contributed by atoms with Crippen LogP contribution in [0, 0.1) is 0 Å². The third-order valence-electron chi connectivity index (χ3n) is 2.77. The Balaban J connectivity index is 1.93. The van der Waals surface area contributed by atoms with Crippen molar-refractivity contribution in [1.82, 2.24) is 15.6 Å². The van der Waals surface area contributed by atoms with E-state index in [1.165, 1.54) is 11.3 Å². The smallest absolute Gasteiger partial charge is 0.322 e. The Bertz CT molecular complexity index is 561. The molecule has 0 unspecified atom stereocenters. The number of anilines is 1. The molecular weight excluding hydrogens is 280 g/mol. The summed E-state index contributed by atoms with van der Waals surface area (Å²) in [7, 11) is 0. The van der Waals surface area contributed by atoms with Gasteiger partial charge in [-0.05, 0) is 0 Å². The van der Waals surface area contributed by atoms with E-state index in [2.05, 4.69) is 20.9 Å². The Morgan fingerprint density at radius 2 is 2.15 bits per heavy atom. The van der Waals surface area contributed by atoms with Crippen LogP contribution in [0.25, 0.3) is 0 Å². The number of hydrogen-bond donors (Lipinski definition) is 3. The highest BCUT2D eigenvalue weighted by Gasteiger charge is 2.31. The van der Waals surface area contributed by atoms with Crippen LogP contribution in [0.3, 0.4) is 0 Å². The van der Waals surface area contributed by atoms with E-state index in [1.807, 2.05) is 26.2 Å². The Morgan fingerprint density at radius 1 is 1.45 bits per heavy atom. The Hall–Kier alpha value is -1.96. The SMILES string of the molecule is CC(C)(C)c1csc(NC(=O)C[C@H]2NC(=O)NC2=O)n1. The molecule has 8 heteroatoms. The molecule has 0 aromatic carbocycles. The second kappa shape index (κ2) is 5.20. The fraction of sp³-hybridized carbons (Fsp3) is 0.500. The summed E-state index contributed by atoms with van der Waals surface area (Å²) in [6.07, 6.45) is -0.109. The summed E-state index contributed by atoms with van der Waals surface area (Å²) in [5.74, 6) is -0.846. The van der Waals surface area contributed by atoms with Crippen molar-refractivity contribution in [2.45, 2.75) is 38.6 Å². The lowest BCUT2D eigenvalue weighted by molar-refractivity contribution is -0.124. The van der Waals surface area contributed by atoms with E-state index in [0.717, 1.165) is 5.69 Å². The van der Waals surface area contributed by atoms with Gasteiger partial charge in [0.05, 0.1) is 12.1 Å². The molecule has 1 aliphatic rings. The molecule has 0 saturated carbocycles. The number of aromatic nitrogens is 1. The van der Waals surface area contributed by atoms with E-state index >= 15 is 0 Å². The maximum absolute atomic E-state index is 11.8. The van der Waals surface area contributed by atoms with Crippen molar-refractivity contribution in [2.24, 2.45) is 0 Å². The topological polar surface area (TPSA) is 100 Å².